The van der Waals surface area contributed by atoms with E-state index in [9.17, 15) is 4.79 Å². The standard InChI is InChI=1S/C19H22Cl2N2O/c1-3-23(4-2)13-15-9-6-5-8-14(15)12-22-19(24)16-10-7-11-17(20)18(16)21/h5-11H,3-4,12-13H2,1-2H3,(H,22,24). The third-order valence-electron chi connectivity index (χ3n) is 4.04. The van der Waals surface area contributed by atoms with Gasteiger partial charge in [0.15, 0.2) is 0 Å². The summed E-state index contributed by atoms with van der Waals surface area (Å²) < 4.78 is 0. The van der Waals surface area contributed by atoms with Crippen LogP contribution >= 0.6 is 23.2 Å². The molecule has 1 amide bonds. The molecule has 0 aliphatic heterocycles. The molecule has 2 aromatic rings. The Morgan fingerprint density at radius 3 is 2.33 bits per heavy atom. The topological polar surface area (TPSA) is 32.3 Å². The first-order valence-electron chi connectivity index (χ1n) is 8.08. The zero-order chi connectivity index (χ0) is 17.5. The molecule has 5 heteroatoms. The van der Waals surface area contributed by atoms with E-state index in [-0.39, 0.29) is 10.9 Å². The van der Waals surface area contributed by atoms with Crippen LogP contribution in [-0.4, -0.2) is 23.9 Å². The van der Waals surface area contributed by atoms with Crippen LogP contribution in [0, 0.1) is 0 Å². The number of rotatable bonds is 7. The maximum absolute atomic E-state index is 12.4. The molecule has 0 aliphatic rings. The van der Waals surface area contributed by atoms with Gasteiger partial charge < -0.3 is 5.32 Å². The van der Waals surface area contributed by atoms with Crippen LogP contribution in [0.15, 0.2) is 42.5 Å². The summed E-state index contributed by atoms with van der Waals surface area (Å²) in [5.74, 6) is -0.222. The molecular formula is C19H22Cl2N2O. The lowest BCUT2D eigenvalue weighted by molar-refractivity contribution is 0.0951. The maximum Gasteiger partial charge on any atom is 0.253 e. The predicted molar refractivity (Wildman–Crippen MR) is 101 cm³/mol. The molecule has 0 heterocycles. The van der Waals surface area contributed by atoms with Crippen molar-refractivity contribution < 1.29 is 4.79 Å². The number of benzene rings is 2. The van der Waals surface area contributed by atoms with Crippen molar-refractivity contribution in [3.05, 3.63) is 69.2 Å². The van der Waals surface area contributed by atoms with Crippen LogP contribution in [0.25, 0.3) is 0 Å². The fourth-order valence-electron chi connectivity index (χ4n) is 2.52. The van der Waals surface area contributed by atoms with Crippen LogP contribution in [-0.2, 0) is 13.1 Å². The lowest BCUT2D eigenvalue weighted by Gasteiger charge is -2.20. The largest absolute Gasteiger partial charge is 0.348 e. The number of halogens is 2. The van der Waals surface area contributed by atoms with Crippen LogP contribution < -0.4 is 5.32 Å². The second-order valence-electron chi connectivity index (χ2n) is 5.51. The Labute approximate surface area is 153 Å². The third-order valence-corrected chi connectivity index (χ3v) is 4.86. The first-order chi connectivity index (χ1) is 11.6. The molecule has 0 spiro atoms. The summed E-state index contributed by atoms with van der Waals surface area (Å²) in [5, 5.41) is 3.60. The molecule has 0 atom stereocenters. The van der Waals surface area contributed by atoms with Crippen LogP contribution in [0.1, 0.15) is 35.3 Å². The SMILES string of the molecule is CCN(CC)Cc1ccccc1CNC(=O)c1cccc(Cl)c1Cl. The van der Waals surface area contributed by atoms with Gasteiger partial charge in [-0.25, -0.2) is 0 Å². The van der Waals surface area contributed by atoms with Crippen molar-refractivity contribution in [3.63, 3.8) is 0 Å². The van der Waals surface area contributed by atoms with Crippen molar-refractivity contribution in [2.24, 2.45) is 0 Å². The fourth-order valence-corrected chi connectivity index (χ4v) is 2.91. The van der Waals surface area contributed by atoms with Gasteiger partial charge >= 0.3 is 0 Å². The fraction of sp³-hybridized carbons (Fsp3) is 0.316. The number of hydrogen-bond acceptors (Lipinski definition) is 2. The van der Waals surface area contributed by atoms with Crippen molar-refractivity contribution in [1.29, 1.82) is 0 Å². The molecule has 2 rings (SSSR count). The smallest absolute Gasteiger partial charge is 0.253 e. The number of nitrogens with zero attached hydrogens (tertiary/aromatic N) is 1. The molecule has 0 fully saturated rings. The highest BCUT2D eigenvalue weighted by Gasteiger charge is 2.13. The minimum atomic E-state index is -0.222. The molecule has 0 bridgehead atoms. The van der Waals surface area contributed by atoms with Gasteiger partial charge in [-0.2, -0.15) is 0 Å². The van der Waals surface area contributed by atoms with Gasteiger partial charge in [0.2, 0.25) is 0 Å². The van der Waals surface area contributed by atoms with Crippen molar-refractivity contribution in [2.75, 3.05) is 13.1 Å². The van der Waals surface area contributed by atoms with Crippen molar-refractivity contribution >= 4 is 29.1 Å². The molecule has 0 aliphatic carbocycles. The first-order valence-corrected chi connectivity index (χ1v) is 8.83. The van der Waals surface area contributed by atoms with Crippen LogP contribution in [0.4, 0.5) is 0 Å². The van der Waals surface area contributed by atoms with E-state index in [2.05, 4.69) is 30.1 Å². The lowest BCUT2D eigenvalue weighted by Crippen LogP contribution is -2.26. The highest BCUT2D eigenvalue weighted by molar-refractivity contribution is 6.43. The van der Waals surface area contributed by atoms with Crippen molar-refractivity contribution in [2.45, 2.75) is 26.9 Å². The van der Waals surface area contributed by atoms with Crippen LogP contribution in [0.5, 0.6) is 0 Å². The van der Waals surface area contributed by atoms with E-state index in [0.29, 0.717) is 17.1 Å². The van der Waals surface area contributed by atoms with Crippen LogP contribution in [0.2, 0.25) is 10.0 Å². The molecule has 1 N–H and O–H groups in total. The summed E-state index contributed by atoms with van der Waals surface area (Å²) in [6.45, 7) is 7.62. The molecule has 0 saturated heterocycles. The van der Waals surface area contributed by atoms with Gasteiger partial charge in [0, 0.05) is 13.1 Å². The average molecular weight is 365 g/mol. The zero-order valence-corrected chi connectivity index (χ0v) is 15.5. The molecule has 0 unspecified atom stereocenters. The first kappa shape index (κ1) is 18.8. The van der Waals surface area contributed by atoms with Crippen molar-refractivity contribution in [3.8, 4) is 0 Å². The lowest BCUT2D eigenvalue weighted by atomic mass is 10.1. The average Bonchev–Trinajstić information content (AvgIpc) is 2.60. The molecule has 0 aromatic heterocycles. The Hall–Kier alpha value is -1.55. The summed E-state index contributed by atoms with van der Waals surface area (Å²) in [4.78, 5) is 14.7. The Balaban J connectivity index is 2.09. The normalized spacial score (nSPS) is 10.9. The van der Waals surface area contributed by atoms with E-state index in [1.54, 1.807) is 18.2 Å². The Morgan fingerprint density at radius 1 is 1.00 bits per heavy atom. The minimum absolute atomic E-state index is 0.222. The number of carbonyl (C=O) groups is 1. The van der Waals surface area contributed by atoms with E-state index < -0.39 is 0 Å². The molecular weight excluding hydrogens is 343 g/mol. The summed E-state index contributed by atoms with van der Waals surface area (Å²) in [5.41, 5.74) is 2.72. The Bertz CT molecular complexity index is 700. The van der Waals surface area contributed by atoms with E-state index in [1.807, 2.05) is 18.2 Å². The van der Waals surface area contributed by atoms with Gasteiger partial charge in [0.25, 0.3) is 5.91 Å². The number of hydrogen-bond donors (Lipinski definition) is 1. The Kier molecular flexibility index (Phi) is 7.10. The molecule has 0 radical (unpaired) electrons. The summed E-state index contributed by atoms with van der Waals surface area (Å²) in [6, 6.07) is 13.2. The maximum atomic E-state index is 12.4. The van der Waals surface area contributed by atoms with Crippen LogP contribution in [0.3, 0.4) is 0 Å². The molecule has 2 aromatic carbocycles. The summed E-state index contributed by atoms with van der Waals surface area (Å²) in [7, 11) is 0. The number of nitrogens with one attached hydrogen (secondary N) is 1. The van der Waals surface area contributed by atoms with Gasteiger partial charge in [0.1, 0.15) is 0 Å². The molecule has 0 saturated carbocycles. The highest BCUT2D eigenvalue weighted by atomic mass is 35.5. The van der Waals surface area contributed by atoms with Gasteiger partial charge in [-0.05, 0) is 36.3 Å². The third kappa shape index (κ3) is 4.73. The van der Waals surface area contributed by atoms with Crippen molar-refractivity contribution in [1.82, 2.24) is 10.2 Å². The monoisotopic (exact) mass is 364 g/mol. The summed E-state index contributed by atoms with van der Waals surface area (Å²) >= 11 is 12.1. The second-order valence-corrected chi connectivity index (χ2v) is 6.30. The minimum Gasteiger partial charge on any atom is -0.348 e. The zero-order valence-electron chi connectivity index (χ0n) is 14.0. The molecule has 24 heavy (non-hydrogen) atoms. The summed E-state index contributed by atoms with van der Waals surface area (Å²) in [6.07, 6.45) is 0. The highest BCUT2D eigenvalue weighted by Crippen LogP contribution is 2.25. The number of carbonyl (C=O) groups excluding carboxylic acids is 1. The predicted octanol–water partition coefficient (Wildman–Crippen LogP) is 4.77. The molecule has 128 valence electrons. The molecule has 3 nitrogen and oxygen atoms in total. The van der Waals surface area contributed by atoms with E-state index in [4.69, 9.17) is 23.2 Å². The number of amides is 1. The van der Waals surface area contributed by atoms with Gasteiger partial charge in [-0.3, -0.25) is 9.69 Å². The van der Waals surface area contributed by atoms with E-state index >= 15 is 0 Å². The van der Waals surface area contributed by atoms with E-state index in [0.717, 1.165) is 25.2 Å². The van der Waals surface area contributed by atoms with Gasteiger partial charge in [-0.1, -0.05) is 67.4 Å². The quantitative estimate of drug-likeness (QED) is 0.767. The van der Waals surface area contributed by atoms with E-state index in [1.165, 1.54) is 5.56 Å². The Morgan fingerprint density at radius 2 is 1.67 bits per heavy atom. The second kappa shape index (κ2) is 9.07. The van der Waals surface area contributed by atoms with Gasteiger partial charge in [-0.15, -0.1) is 0 Å². The van der Waals surface area contributed by atoms with Gasteiger partial charge in [0.05, 0.1) is 15.6 Å².